The van der Waals surface area contributed by atoms with E-state index < -0.39 is 0 Å². The van der Waals surface area contributed by atoms with Crippen LogP contribution in [0.4, 0.5) is 0 Å². The molecule has 0 radical (unpaired) electrons. The Balaban J connectivity index is 2.16. The van der Waals surface area contributed by atoms with Crippen LogP contribution in [0.15, 0.2) is 14.3 Å². The van der Waals surface area contributed by atoms with Crippen molar-refractivity contribution in [1.29, 1.82) is 0 Å². The number of hydrogen-bond donors (Lipinski definition) is 0. The van der Waals surface area contributed by atoms with Gasteiger partial charge in [0.05, 0.1) is 8.66 Å². The molecule has 1 amide bonds. The maximum absolute atomic E-state index is 12.6. The lowest BCUT2D eigenvalue weighted by molar-refractivity contribution is 0.0701. The zero-order valence-corrected chi connectivity index (χ0v) is 15.4. The van der Waals surface area contributed by atoms with E-state index in [0.29, 0.717) is 6.04 Å². The summed E-state index contributed by atoms with van der Waals surface area (Å²) in [5.41, 5.74) is 0. The van der Waals surface area contributed by atoms with E-state index in [1.807, 2.05) is 11.0 Å². The molecular weight excluding hydrogens is 446 g/mol. The molecule has 2 nitrogen and oxygen atoms in total. The van der Waals surface area contributed by atoms with Gasteiger partial charge in [-0.2, -0.15) is 0 Å². The average Bonchev–Trinajstić information content (AvgIpc) is 2.97. The average molecular weight is 460 g/mol. The lowest BCUT2D eigenvalue weighted by Crippen LogP contribution is -2.39. The van der Waals surface area contributed by atoms with Gasteiger partial charge in [-0.1, -0.05) is 28.8 Å². The first-order chi connectivity index (χ1) is 8.63. The van der Waals surface area contributed by atoms with Gasteiger partial charge in [0.15, 0.2) is 0 Å². The number of alkyl halides is 1. The van der Waals surface area contributed by atoms with Gasteiger partial charge in [0.2, 0.25) is 0 Å². The van der Waals surface area contributed by atoms with Gasteiger partial charge in [0.1, 0.15) is 0 Å². The van der Waals surface area contributed by atoms with Crippen molar-refractivity contribution in [2.45, 2.75) is 31.7 Å². The van der Waals surface area contributed by atoms with Crippen molar-refractivity contribution in [3.63, 3.8) is 0 Å². The van der Waals surface area contributed by atoms with Crippen LogP contribution in [-0.4, -0.2) is 28.7 Å². The topological polar surface area (TPSA) is 20.3 Å². The molecule has 0 aliphatic heterocycles. The minimum absolute atomic E-state index is 0.165. The Bertz CT molecular complexity index is 409. The van der Waals surface area contributed by atoms with Crippen LogP contribution in [0.2, 0.25) is 0 Å². The predicted molar refractivity (Wildman–Crippen MR) is 86.8 cm³/mol. The third kappa shape index (κ3) is 3.38. The molecule has 1 aromatic heterocycles. The van der Waals surface area contributed by atoms with E-state index in [1.54, 1.807) is 0 Å². The lowest BCUT2D eigenvalue weighted by Gasteiger charge is -2.27. The minimum atomic E-state index is 0.165. The summed E-state index contributed by atoms with van der Waals surface area (Å²) in [7, 11) is 0. The second kappa shape index (κ2) is 6.86. The van der Waals surface area contributed by atoms with E-state index in [9.17, 15) is 4.79 Å². The molecule has 100 valence electrons. The van der Waals surface area contributed by atoms with Crippen LogP contribution in [0.25, 0.3) is 0 Å². The fraction of sp³-hybridized carbons (Fsp3) is 0.583. The molecule has 0 saturated heterocycles. The Morgan fingerprint density at radius 1 is 1.39 bits per heavy atom. The molecule has 2 rings (SSSR count). The molecule has 0 N–H and O–H groups in total. The first kappa shape index (κ1) is 15.0. The maximum Gasteiger partial charge on any atom is 0.264 e. The molecule has 1 aliphatic rings. The van der Waals surface area contributed by atoms with Crippen LogP contribution in [0, 0.1) is 0 Å². The zero-order valence-electron chi connectivity index (χ0n) is 9.79. The van der Waals surface area contributed by atoms with Crippen molar-refractivity contribution in [3.05, 3.63) is 19.2 Å². The van der Waals surface area contributed by atoms with Gasteiger partial charge in [-0.3, -0.25) is 4.79 Å². The van der Waals surface area contributed by atoms with Crippen molar-refractivity contribution in [2.75, 3.05) is 11.9 Å². The quantitative estimate of drug-likeness (QED) is 0.577. The molecule has 1 heterocycles. The highest BCUT2D eigenvalue weighted by Crippen LogP contribution is 2.34. The third-order valence-electron chi connectivity index (χ3n) is 3.21. The molecular formula is C12H14Br3NOS. The monoisotopic (exact) mass is 457 g/mol. The van der Waals surface area contributed by atoms with Gasteiger partial charge in [0, 0.05) is 22.4 Å². The van der Waals surface area contributed by atoms with Crippen LogP contribution in [0.5, 0.6) is 0 Å². The standard InChI is InChI=1S/C12H14Br3NOS/c13-5-6-16(8-3-1-2-4-8)12(17)10-7-9(14)11(15)18-10/h7-8H,1-6H2. The first-order valence-electron chi connectivity index (χ1n) is 5.95. The molecule has 0 atom stereocenters. The summed E-state index contributed by atoms with van der Waals surface area (Å²) in [6.45, 7) is 0.788. The van der Waals surface area contributed by atoms with Gasteiger partial charge in [-0.25, -0.2) is 0 Å². The van der Waals surface area contributed by atoms with Crippen molar-refractivity contribution in [1.82, 2.24) is 4.90 Å². The number of carbonyl (C=O) groups excluding carboxylic acids is 1. The Morgan fingerprint density at radius 2 is 2.06 bits per heavy atom. The van der Waals surface area contributed by atoms with Crippen molar-refractivity contribution in [3.8, 4) is 0 Å². The van der Waals surface area contributed by atoms with Crippen molar-refractivity contribution in [2.24, 2.45) is 0 Å². The second-order valence-corrected chi connectivity index (χ2v) is 8.38. The molecule has 0 spiro atoms. The molecule has 18 heavy (non-hydrogen) atoms. The summed E-state index contributed by atoms with van der Waals surface area (Å²) in [5.74, 6) is 0.165. The second-order valence-electron chi connectivity index (χ2n) is 4.36. The summed E-state index contributed by atoms with van der Waals surface area (Å²) in [5, 5.41) is 0.836. The smallest absolute Gasteiger partial charge is 0.264 e. The van der Waals surface area contributed by atoms with Gasteiger partial charge in [0.25, 0.3) is 5.91 Å². The molecule has 0 bridgehead atoms. The maximum atomic E-state index is 12.6. The van der Waals surface area contributed by atoms with Crippen LogP contribution in [0.3, 0.4) is 0 Å². The van der Waals surface area contributed by atoms with E-state index in [4.69, 9.17) is 0 Å². The van der Waals surface area contributed by atoms with Crippen molar-refractivity contribution >= 4 is 65.0 Å². The van der Waals surface area contributed by atoms with Crippen molar-refractivity contribution < 1.29 is 4.79 Å². The van der Waals surface area contributed by atoms with E-state index in [0.717, 1.165) is 37.9 Å². The summed E-state index contributed by atoms with van der Waals surface area (Å²) in [4.78, 5) is 15.4. The number of thiophene rings is 1. The normalized spacial score (nSPS) is 16.2. The fourth-order valence-electron chi connectivity index (χ4n) is 2.35. The highest BCUT2D eigenvalue weighted by atomic mass is 79.9. The fourth-order valence-corrected chi connectivity index (χ4v) is 4.72. The van der Waals surface area contributed by atoms with Crippen LogP contribution in [0.1, 0.15) is 35.4 Å². The Labute approximate surface area is 137 Å². The summed E-state index contributed by atoms with van der Waals surface area (Å²) in [6, 6.07) is 2.34. The summed E-state index contributed by atoms with van der Waals surface area (Å²) >= 11 is 11.8. The number of halogens is 3. The van der Waals surface area contributed by atoms with Crippen LogP contribution in [-0.2, 0) is 0 Å². The number of rotatable bonds is 4. The Morgan fingerprint density at radius 3 is 2.56 bits per heavy atom. The zero-order chi connectivity index (χ0) is 13.1. The molecule has 6 heteroatoms. The number of hydrogen-bond acceptors (Lipinski definition) is 2. The number of nitrogens with zero attached hydrogens (tertiary/aromatic N) is 1. The summed E-state index contributed by atoms with van der Waals surface area (Å²) in [6.07, 6.45) is 4.78. The molecule has 0 unspecified atom stereocenters. The van der Waals surface area contributed by atoms with Gasteiger partial charge >= 0.3 is 0 Å². The van der Waals surface area contributed by atoms with E-state index >= 15 is 0 Å². The van der Waals surface area contributed by atoms with E-state index in [-0.39, 0.29) is 5.91 Å². The molecule has 1 saturated carbocycles. The Hall–Kier alpha value is 0.610. The van der Waals surface area contributed by atoms with E-state index in [2.05, 4.69) is 47.8 Å². The molecule has 1 fully saturated rings. The van der Waals surface area contributed by atoms with Gasteiger partial charge < -0.3 is 4.90 Å². The SMILES string of the molecule is O=C(c1cc(Br)c(Br)s1)N(CCBr)C1CCCC1. The molecule has 0 aromatic carbocycles. The largest absolute Gasteiger partial charge is 0.334 e. The third-order valence-corrected chi connectivity index (χ3v) is 6.81. The van der Waals surface area contributed by atoms with Gasteiger partial charge in [-0.15, -0.1) is 11.3 Å². The van der Waals surface area contributed by atoms with E-state index in [1.165, 1.54) is 24.2 Å². The number of amides is 1. The van der Waals surface area contributed by atoms with Crippen LogP contribution < -0.4 is 0 Å². The number of carbonyl (C=O) groups is 1. The molecule has 1 aromatic rings. The predicted octanol–water partition coefficient (Wildman–Crippen LogP) is 5.05. The highest BCUT2D eigenvalue weighted by molar-refractivity contribution is 9.13. The first-order valence-corrected chi connectivity index (χ1v) is 9.47. The van der Waals surface area contributed by atoms with Gasteiger partial charge in [-0.05, 0) is 50.8 Å². The lowest BCUT2D eigenvalue weighted by atomic mass is 10.2. The van der Waals surface area contributed by atoms with Crippen LogP contribution >= 0.6 is 59.1 Å². The highest BCUT2D eigenvalue weighted by Gasteiger charge is 2.28. The molecule has 1 aliphatic carbocycles. The summed E-state index contributed by atoms with van der Waals surface area (Å²) < 4.78 is 1.94. The minimum Gasteiger partial charge on any atom is -0.334 e. The Kier molecular flexibility index (Phi) is 5.72.